The number of halogens is 1. The van der Waals surface area contributed by atoms with Gasteiger partial charge in [-0.1, -0.05) is 30.1 Å². The molecule has 4 aromatic rings. The van der Waals surface area contributed by atoms with E-state index in [1.807, 2.05) is 0 Å². The number of fused-ring (bicyclic) bond motifs is 5. The Morgan fingerprint density at radius 2 is 1.96 bits per heavy atom. The Bertz CT molecular complexity index is 1980. The van der Waals surface area contributed by atoms with Crippen LogP contribution in [0.3, 0.4) is 0 Å². The van der Waals surface area contributed by atoms with Gasteiger partial charge in [0.05, 0.1) is 30.6 Å². The second-order valence-electron chi connectivity index (χ2n) is 10.4. The monoisotopic (exact) mass is 715 g/mol. The number of carbonyl (C=O) groups is 1. The number of thiol groups is 1. The van der Waals surface area contributed by atoms with E-state index >= 15 is 4.39 Å². The summed E-state index contributed by atoms with van der Waals surface area (Å²) >= 11 is 9.37. The van der Waals surface area contributed by atoms with E-state index in [1.165, 1.54) is 28.0 Å². The molecule has 1 aromatic carbocycles. The highest BCUT2D eigenvalue weighted by Gasteiger charge is 2.52. The highest BCUT2D eigenvalue weighted by molar-refractivity contribution is 8.44. The molecular weight excluding hydrogens is 691 g/mol. The summed E-state index contributed by atoms with van der Waals surface area (Å²) in [7, 11) is 0. The van der Waals surface area contributed by atoms with Crippen molar-refractivity contribution in [1.82, 2.24) is 34.5 Å². The van der Waals surface area contributed by atoms with Crippen LogP contribution in [0, 0.1) is 0 Å². The smallest absolute Gasteiger partial charge is 0.382 e. The molecule has 5 N–H and O–H groups in total. The number of alkyl halides is 1. The molecule has 3 aromatic heterocycles. The van der Waals surface area contributed by atoms with Crippen LogP contribution in [0.5, 0.6) is 0 Å². The number of primary amides is 1. The quantitative estimate of drug-likeness (QED) is 0.134. The molecule has 2 bridgehead atoms. The molecule has 3 fully saturated rings. The molecule has 3 saturated heterocycles. The number of aromatic nitrogens is 7. The third-order valence-corrected chi connectivity index (χ3v) is 10.7. The molecule has 3 aliphatic rings. The second-order valence-corrected chi connectivity index (χ2v) is 16.0. The van der Waals surface area contributed by atoms with Gasteiger partial charge in [-0.3, -0.25) is 22.9 Å². The third-order valence-electron chi connectivity index (χ3n) is 7.57. The summed E-state index contributed by atoms with van der Waals surface area (Å²) in [6, 6.07) is 4.66. The first-order valence-electron chi connectivity index (χ1n) is 13.4. The zero-order valence-electron chi connectivity index (χ0n) is 23.2. The number of imidazole rings is 1. The van der Waals surface area contributed by atoms with Crippen molar-refractivity contribution < 1.29 is 46.2 Å². The van der Waals surface area contributed by atoms with E-state index in [1.54, 1.807) is 12.1 Å². The van der Waals surface area contributed by atoms with E-state index in [0.29, 0.717) is 5.52 Å². The minimum absolute atomic E-state index is 0.0645. The summed E-state index contributed by atoms with van der Waals surface area (Å²) in [6.45, 7) is -5.53. The van der Waals surface area contributed by atoms with Gasteiger partial charge in [-0.25, -0.2) is 28.6 Å². The summed E-state index contributed by atoms with van der Waals surface area (Å²) < 4.78 is 66.7. The van der Waals surface area contributed by atoms with Gasteiger partial charge in [-0.05, 0) is 29.5 Å². The predicted octanol–water partition coefficient (Wildman–Crippen LogP) is 1.71. The van der Waals surface area contributed by atoms with E-state index in [2.05, 4.69) is 44.1 Å². The van der Waals surface area contributed by atoms with Gasteiger partial charge in [0, 0.05) is 0 Å². The first-order chi connectivity index (χ1) is 21.8. The van der Waals surface area contributed by atoms with Crippen molar-refractivity contribution in [2.75, 3.05) is 18.9 Å². The Kier molecular flexibility index (Phi) is 8.01. The number of benzene rings is 1. The Morgan fingerprint density at radius 3 is 2.74 bits per heavy atom. The van der Waals surface area contributed by atoms with Crippen molar-refractivity contribution in [1.29, 1.82) is 0 Å². The van der Waals surface area contributed by atoms with E-state index < -0.39 is 75.7 Å². The maximum atomic E-state index is 16.1. The van der Waals surface area contributed by atoms with Gasteiger partial charge in [0.25, 0.3) is 5.91 Å². The second kappa shape index (κ2) is 11.6. The molecule has 3 aliphatic heterocycles. The number of nitrogens with zero attached hydrogens (tertiary/aromatic N) is 7. The van der Waals surface area contributed by atoms with Crippen molar-refractivity contribution in [2.24, 2.45) is 5.73 Å². The number of nitrogens with two attached hydrogens (primary N) is 2. The van der Waals surface area contributed by atoms with Gasteiger partial charge in [0.2, 0.25) is 0 Å². The van der Waals surface area contributed by atoms with Crippen LogP contribution in [0.4, 0.5) is 10.2 Å². The number of anilines is 1. The number of amides is 1. The summed E-state index contributed by atoms with van der Waals surface area (Å²) in [4.78, 5) is 35.2. The van der Waals surface area contributed by atoms with Crippen LogP contribution in [-0.2, 0) is 43.9 Å². The molecule has 1 amide bonds. The van der Waals surface area contributed by atoms with Crippen molar-refractivity contribution in [3.63, 3.8) is 0 Å². The molecule has 0 saturated carbocycles. The Labute approximate surface area is 268 Å². The van der Waals surface area contributed by atoms with Crippen LogP contribution >= 0.6 is 25.8 Å². The summed E-state index contributed by atoms with van der Waals surface area (Å²) in [5.41, 5.74) is 12.6. The number of hydrogen-bond acceptors (Lipinski definition) is 15. The fraction of sp³-hybridized carbons (Fsp3) is 0.391. The van der Waals surface area contributed by atoms with Crippen LogP contribution in [0.25, 0.3) is 22.2 Å². The topological polar surface area (TPSA) is 236 Å². The third kappa shape index (κ3) is 5.54. The van der Waals surface area contributed by atoms with Crippen molar-refractivity contribution >= 4 is 71.5 Å². The standard InChI is InChI=1S/C23H24FN9O9P2S2/c1-9-12-5-37-44(36,46)42-18-13(40-22(14(18)24)32-8-29-16-19(25)27-7-28-21(16)32)6-38-43(35,45)41-17(9)23(39-12)33-11-4-2-3-10(20(26)34)15(11)30-31-33/h2-4,7-8,12-14,17-18,22-23H,1,5-6H2,(H2,26,34)(H,35,45)(H,36,46)(H2,25,27,28)/t12-,13?,14-,17-,18-,22-,23-,43?,44?/m1/s1. The molecule has 18 nitrogen and oxygen atoms in total. The fourth-order valence-corrected chi connectivity index (χ4v) is 8.27. The van der Waals surface area contributed by atoms with Crippen molar-refractivity contribution in [3.05, 3.63) is 48.6 Å². The molecule has 0 radical (unpaired) electrons. The van der Waals surface area contributed by atoms with Crippen molar-refractivity contribution in [3.8, 4) is 0 Å². The first-order valence-corrected chi connectivity index (χ1v) is 18.6. The van der Waals surface area contributed by atoms with E-state index in [-0.39, 0.29) is 33.6 Å². The highest BCUT2D eigenvalue weighted by Crippen LogP contribution is 2.58. The fourth-order valence-electron chi connectivity index (χ4n) is 5.42. The van der Waals surface area contributed by atoms with E-state index in [0.717, 1.165) is 0 Å². The van der Waals surface area contributed by atoms with Crippen LogP contribution in [0.1, 0.15) is 22.8 Å². The van der Waals surface area contributed by atoms with Crippen LogP contribution in [0.2, 0.25) is 0 Å². The minimum atomic E-state index is -4.33. The highest BCUT2D eigenvalue weighted by atomic mass is 32.7. The lowest BCUT2D eigenvalue weighted by atomic mass is 10.1. The number of nitrogen functional groups attached to an aromatic ring is 1. The first kappa shape index (κ1) is 31.6. The van der Waals surface area contributed by atoms with Gasteiger partial charge in [0.15, 0.2) is 30.1 Å². The SMILES string of the molecule is C=C1[C@H]2OP(O)(=S)OCC3O[C@@H](n4cnc5c(N)ncnc54)[C@H](F)[C@@H]3OP(=O)(S)OC[C@H]1O[C@H]2n1nnc2c(C(N)=O)cccc21. The Morgan fingerprint density at radius 1 is 1.15 bits per heavy atom. The maximum Gasteiger partial charge on any atom is 0.386 e. The minimum Gasteiger partial charge on any atom is -0.382 e. The average molecular weight is 716 g/mol. The number of ether oxygens (including phenoxy) is 2. The van der Waals surface area contributed by atoms with Crippen molar-refractivity contribution in [2.45, 2.75) is 43.0 Å². The molecule has 6 heterocycles. The lowest BCUT2D eigenvalue weighted by Crippen LogP contribution is -2.34. The number of rotatable bonds is 3. The Balaban J connectivity index is 1.20. The van der Waals surface area contributed by atoms with E-state index in [9.17, 15) is 14.3 Å². The maximum absolute atomic E-state index is 16.1. The zero-order valence-corrected chi connectivity index (χ0v) is 26.7. The lowest BCUT2D eigenvalue weighted by molar-refractivity contribution is -0.0621. The molecule has 0 aliphatic carbocycles. The van der Waals surface area contributed by atoms with Gasteiger partial charge < -0.3 is 30.4 Å². The van der Waals surface area contributed by atoms with E-state index in [4.69, 9.17) is 50.8 Å². The normalized spacial score (nSPS) is 35.5. The predicted molar refractivity (Wildman–Crippen MR) is 162 cm³/mol. The average Bonchev–Trinajstić information content (AvgIpc) is 3.76. The summed E-state index contributed by atoms with van der Waals surface area (Å²) in [6.07, 6.45) is -7.29. The van der Waals surface area contributed by atoms with Gasteiger partial charge in [0.1, 0.15) is 41.8 Å². The summed E-state index contributed by atoms with van der Waals surface area (Å²) in [5.74, 6) is -0.662. The molecule has 7 rings (SSSR count). The van der Waals surface area contributed by atoms with Crippen LogP contribution in [-0.4, -0.2) is 89.1 Å². The van der Waals surface area contributed by atoms with Crippen LogP contribution < -0.4 is 11.5 Å². The molecular formula is C23H24FN9O9P2S2. The molecule has 244 valence electrons. The number of hydrogen-bond donors (Lipinski definition) is 4. The molecule has 9 atom stereocenters. The lowest BCUT2D eigenvalue weighted by Gasteiger charge is -2.26. The summed E-state index contributed by atoms with van der Waals surface area (Å²) in [5, 5.41) is 8.17. The molecule has 3 unspecified atom stereocenters. The molecule has 46 heavy (non-hydrogen) atoms. The van der Waals surface area contributed by atoms with Gasteiger partial charge >= 0.3 is 13.5 Å². The largest absolute Gasteiger partial charge is 0.386 e. The Hall–Kier alpha value is -2.94. The van der Waals surface area contributed by atoms with Gasteiger partial charge in [-0.15, -0.1) is 5.10 Å². The van der Waals surface area contributed by atoms with Crippen LogP contribution in [0.15, 0.2) is 43.0 Å². The van der Waals surface area contributed by atoms with Gasteiger partial charge in [-0.2, -0.15) is 0 Å². The number of carbonyl (C=O) groups excluding carboxylic acids is 1. The molecule has 0 spiro atoms. The molecule has 23 heteroatoms. The zero-order chi connectivity index (χ0) is 32.5.